The van der Waals surface area contributed by atoms with Gasteiger partial charge >= 0.3 is 5.97 Å². The predicted octanol–water partition coefficient (Wildman–Crippen LogP) is 2.78. The van der Waals surface area contributed by atoms with E-state index in [1.54, 1.807) is 6.26 Å². The van der Waals surface area contributed by atoms with Crippen molar-refractivity contribution < 1.29 is 18.7 Å². The third-order valence-electron chi connectivity index (χ3n) is 3.04. The zero-order chi connectivity index (χ0) is 14.1. The molecular formula is C14H11FN2O3. The van der Waals surface area contributed by atoms with Gasteiger partial charge in [0.1, 0.15) is 17.4 Å². The molecule has 0 radical (unpaired) electrons. The quantitative estimate of drug-likeness (QED) is 0.766. The van der Waals surface area contributed by atoms with Crippen LogP contribution >= 0.6 is 0 Å². The zero-order valence-corrected chi connectivity index (χ0v) is 10.4. The van der Waals surface area contributed by atoms with Gasteiger partial charge in [-0.1, -0.05) is 0 Å². The largest absolute Gasteiger partial charge is 0.478 e. The second-order valence-electron chi connectivity index (χ2n) is 4.42. The van der Waals surface area contributed by atoms with E-state index in [4.69, 9.17) is 9.52 Å². The molecule has 1 aromatic carbocycles. The Morgan fingerprint density at radius 3 is 2.95 bits per heavy atom. The molecule has 0 amide bonds. The maximum absolute atomic E-state index is 13.5. The van der Waals surface area contributed by atoms with Gasteiger partial charge in [-0.25, -0.2) is 14.2 Å². The highest BCUT2D eigenvalue weighted by atomic mass is 19.1. The van der Waals surface area contributed by atoms with Gasteiger partial charge in [0.2, 0.25) is 0 Å². The van der Waals surface area contributed by atoms with Gasteiger partial charge in [0, 0.05) is 18.9 Å². The lowest BCUT2D eigenvalue weighted by Crippen LogP contribution is -1.99. The van der Waals surface area contributed by atoms with E-state index >= 15 is 0 Å². The topological polar surface area (TPSA) is 79.1 Å². The molecule has 2 aromatic heterocycles. The molecule has 3 aromatic rings. The van der Waals surface area contributed by atoms with Crippen LogP contribution in [0.2, 0.25) is 0 Å². The van der Waals surface area contributed by atoms with Crippen molar-refractivity contribution in [2.75, 3.05) is 0 Å². The number of aryl methyl sites for hydroxylation is 2. The molecule has 2 heterocycles. The Bertz CT molecular complexity index is 762. The highest BCUT2D eigenvalue weighted by Gasteiger charge is 2.14. The van der Waals surface area contributed by atoms with Crippen LogP contribution in [0, 0.1) is 5.82 Å². The predicted molar refractivity (Wildman–Crippen MR) is 69.1 cm³/mol. The lowest BCUT2D eigenvalue weighted by molar-refractivity contribution is 0.0692. The summed E-state index contributed by atoms with van der Waals surface area (Å²) in [4.78, 5) is 18.1. The fourth-order valence-corrected chi connectivity index (χ4v) is 2.06. The number of rotatable bonds is 4. The molecule has 3 rings (SSSR count). The summed E-state index contributed by atoms with van der Waals surface area (Å²) in [6.07, 6.45) is 2.87. The Kier molecular flexibility index (Phi) is 2.98. The number of hydrogen-bond donors (Lipinski definition) is 2. The minimum atomic E-state index is -1.30. The normalized spacial score (nSPS) is 11.1. The van der Waals surface area contributed by atoms with Gasteiger partial charge in [0.05, 0.1) is 22.9 Å². The molecule has 0 saturated carbocycles. The number of hydrogen-bond acceptors (Lipinski definition) is 3. The van der Waals surface area contributed by atoms with Crippen molar-refractivity contribution in [3.05, 3.63) is 53.5 Å². The molecule has 2 N–H and O–H groups in total. The highest BCUT2D eigenvalue weighted by molar-refractivity contribution is 5.92. The Labute approximate surface area is 113 Å². The minimum Gasteiger partial charge on any atom is -0.478 e. The molecule has 0 bridgehead atoms. The van der Waals surface area contributed by atoms with Gasteiger partial charge in [0.25, 0.3) is 0 Å². The first-order valence-electron chi connectivity index (χ1n) is 6.07. The number of aromatic carboxylic acids is 1. The SMILES string of the molecule is O=C(O)c1cc2nc(CCc3ccco3)[nH]c2cc1F. The molecule has 0 saturated heterocycles. The van der Waals surface area contributed by atoms with Gasteiger partial charge in [-0.05, 0) is 18.2 Å². The number of carbonyl (C=O) groups is 1. The van der Waals surface area contributed by atoms with Gasteiger partial charge < -0.3 is 14.5 Å². The average Bonchev–Trinajstić information content (AvgIpc) is 3.03. The number of aromatic amines is 1. The van der Waals surface area contributed by atoms with Crippen molar-refractivity contribution in [3.8, 4) is 0 Å². The van der Waals surface area contributed by atoms with Crippen LogP contribution < -0.4 is 0 Å². The number of H-pyrrole nitrogens is 1. The van der Waals surface area contributed by atoms with Crippen LogP contribution in [0.1, 0.15) is 21.9 Å². The molecule has 0 atom stereocenters. The van der Waals surface area contributed by atoms with E-state index in [-0.39, 0.29) is 5.56 Å². The Balaban J connectivity index is 1.88. The molecule has 0 spiro atoms. The molecule has 0 unspecified atom stereocenters. The summed E-state index contributed by atoms with van der Waals surface area (Å²) in [6.45, 7) is 0. The second-order valence-corrected chi connectivity index (χ2v) is 4.42. The van der Waals surface area contributed by atoms with E-state index in [0.29, 0.717) is 29.7 Å². The van der Waals surface area contributed by atoms with Crippen molar-refractivity contribution in [1.29, 1.82) is 0 Å². The summed E-state index contributed by atoms with van der Waals surface area (Å²) in [5.74, 6) is -0.572. The number of nitrogens with zero attached hydrogens (tertiary/aromatic N) is 1. The van der Waals surface area contributed by atoms with Crippen LogP contribution in [0.5, 0.6) is 0 Å². The monoisotopic (exact) mass is 274 g/mol. The lowest BCUT2D eigenvalue weighted by Gasteiger charge is -1.95. The number of aromatic nitrogens is 2. The summed E-state index contributed by atoms with van der Waals surface area (Å²) >= 11 is 0. The standard InChI is InChI=1S/C14H11FN2O3/c15-10-7-12-11(6-9(10)14(18)19)16-13(17-12)4-3-8-2-1-5-20-8/h1-2,5-7H,3-4H2,(H,16,17)(H,18,19). The number of fused-ring (bicyclic) bond motifs is 1. The summed E-state index contributed by atoms with van der Waals surface area (Å²) in [6, 6.07) is 6.06. The van der Waals surface area contributed by atoms with Crippen LogP contribution in [-0.4, -0.2) is 21.0 Å². The fourth-order valence-electron chi connectivity index (χ4n) is 2.06. The number of furan rings is 1. The maximum Gasteiger partial charge on any atom is 0.338 e. The van der Waals surface area contributed by atoms with Crippen LogP contribution in [0.4, 0.5) is 4.39 Å². The number of imidazole rings is 1. The van der Waals surface area contributed by atoms with E-state index in [2.05, 4.69) is 9.97 Å². The van der Waals surface area contributed by atoms with E-state index in [0.717, 1.165) is 11.8 Å². The number of benzene rings is 1. The van der Waals surface area contributed by atoms with Gasteiger partial charge in [-0.15, -0.1) is 0 Å². The molecular weight excluding hydrogens is 263 g/mol. The van der Waals surface area contributed by atoms with Crippen LogP contribution in [-0.2, 0) is 12.8 Å². The first kappa shape index (κ1) is 12.4. The molecule has 0 aliphatic heterocycles. The van der Waals surface area contributed by atoms with Crippen molar-refractivity contribution in [2.24, 2.45) is 0 Å². The summed E-state index contributed by atoms with van der Waals surface area (Å²) < 4.78 is 18.8. The molecule has 6 heteroatoms. The fraction of sp³-hybridized carbons (Fsp3) is 0.143. The molecule has 102 valence electrons. The Morgan fingerprint density at radius 1 is 1.40 bits per heavy atom. The van der Waals surface area contributed by atoms with E-state index in [1.165, 1.54) is 6.07 Å². The molecule has 5 nitrogen and oxygen atoms in total. The first-order chi connectivity index (χ1) is 9.63. The lowest BCUT2D eigenvalue weighted by atomic mass is 10.2. The van der Waals surface area contributed by atoms with E-state index in [9.17, 15) is 9.18 Å². The highest BCUT2D eigenvalue weighted by Crippen LogP contribution is 2.18. The molecule has 20 heavy (non-hydrogen) atoms. The average molecular weight is 274 g/mol. The second kappa shape index (κ2) is 4.80. The van der Waals surface area contributed by atoms with Crippen LogP contribution in [0.25, 0.3) is 11.0 Å². The Morgan fingerprint density at radius 2 is 2.25 bits per heavy atom. The number of carboxylic acid groups (broad SMARTS) is 1. The third kappa shape index (κ3) is 2.27. The van der Waals surface area contributed by atoms with E-state index < -0.39 is 11.8 Å². The van der Waals surface area contributed by atoms with Crippen molar-refractivity contribution in [1.82, 2.24) is 9.97 Å². The minimum absolute atomic E-state index is 0.374. The van der Waals surface area contributed by atoms with Crippen molar-refractivity contribution >= 4 is 17.0 Å². The van der Waals surface area contributed by atoms with Crippen molar-refractivity contribution in [3.63, 3.8) is 0 Å². The summed E-state index contributed by atoms with van der Waals surface area (Å²) in [5, 5.41) is 8.87. The summed E-state index contributed by atoms with van der Waals surface area (Å²) in [5.41, 5.74) is 0.557. The van der Waals surface area contributed by atoms with Crippen LogP contribution in [0.3, 0.4) is 0 Å². The Hall–Kier alpha value is -2.63. The number of nitrogens with one attached hydrogen (secondary N) is 1. The number of carboxylic acids is 1. The van der Waals surface area contributed by atoms with Crippen LogP contribution in [0.15, 0.2) is 34.9 Å². The van der Waals surface area contributed by atoms with Crippen molar-refractivity contribution in [2.45, 2.75) is 12.8 Å². The van der Waals surface area contributed by atoms with Gasteiger partial charge in [0.15, 0.2) is 0 Å². The zero-order valence-electron chi connectivity index (χ0n) is 10.4. The maximum atomic E-state index is 13.5. The molecule has 0 aliphatic carbocycles. The van der Waals surface area contributed by atoms with Gasteiger partial charge in [-0.2, -0.15) is 0 Å². The molecule has 0 aliphatic rings. The molecule has 0 fully saturated rings. The first-order valence-corrected chi connectivity index (χ1v) is 6.07. The van der Waals surface area contributed by atoms with Gasteiger partial charge in [-0.3, -0.25) is 0 Å². The summed E-state index contributed by atoms with van der Waals surface area (Å²) in [7, 11) is 0. The third-order valence-corrected chi connectivity index (χ3v) is 3.04. The smallest absolute Gasteiger partial charge is 0.338 e. The van der Waals surface area contributed by atoms with E-state index in [1.807, 2.05) is 12.1 Å². The number of halogens is 1.